The first kappa shape index (κ1) is 13.9. The Hall–Kier alpha value is -1.55. The van der Waals surface area contributed by atoms with Crippen LogP contribution < -0.4 is 4.74 Å². The summed E-state index contributed by atoms with van der Waals surface area (Å²) in [5.74, 6) is 0.176. The van der Waals surface area contributed by atoms with Crippen molar-refractivity contribution >= 4 is 5.97 Å². The lowest BCUT2D eigenvalue weighted by atomic mass is 10.2. The molecule has 0 unspecified atom stereocenters. The van der Waals surface area contributed by atoms with E-state index in [-0.39, 0.29) is 6.42 Å². The van der Waals surface area contributed by atoms with Crippen molar-refractivity contribution in [2.24, 2.45) is 0 Å². The Bertz CT molecular complexity index is 429. The molecular formula is C15H21NO3. The van der Waals surface area contributed by atoms with Gasteiger partial charge in [-0.25, -0.2) is 0 Å². The molecule has 0 saturated heterocycles. The van der Waals surface area contributed by atoms with E-state index in [1.165, 1.54) is 12.8 Å². The predicted octanol–water partition coefficient (Wildman–Crippen LogP) is 2.52. The molecule has 2 rings (SSSR count). The summed E-state index contributed by atoms with van der Waals surface area (Å²) in [5.41, 5.74) is 1.14. The molecule has 1 saturated carbocycles. The van der Waals surface area contributed by atoms with E-state index in [1.54, 1.807) is 0 Å². The van der Waals surface area contributed by atoms with Crippen LogP contribution in [0.3, 0.4) is 0 Å². The van der Waals surface area contributed by atoms with E-state index >= 15 is 0 Å². The SMILES string of the molecule is CCOc1ccccc1CN(CCC(=O)O)C1CC1. The van der Waals surface area contributed by atoms with Crippen LogP contribution in [0.5, 0.6) is 5.75 Å². The highest BCUT2D eigenvalue weighted by Gasteiger charge is 2.29. The topological polar surface area (TPSA) is 49.8 Å². The van der Waals surface area contributed by atoms with Crippen LogP contribution >= 0.6 is 0 Å². The number of para-hydroxylation sites is 1. The Morgan fingerprint density at radius 1 is 1.42 bits per heavy atom. The monoisotopic (exact) mass is 263 g/mol. The van der Waals surface area contributed by atoms with E-state index in [0.717, 1.165) is 17.9 Å². The van der Waals surface area contributed by atoms with E-state index in [2.05, 4.69) is 11.0 Å². The number of benzene rings is 1. The van der Waals surface area contributed by atoms with Crippen molar-refractivity contribution in [1.82, 2.24) is 4.90 Å². The molecule has 0 aliphatic heterocycles. The average Bonchev–Trinajstić information content (AvgIpc) is 3.21. The summed E-state index contributed by atoms with van der Waals surface area (Å²) in [7, 11) is 0. The molecule has 19 heavy (non-hydrogen) atoms. The third kappa shape index (κ3) is 4.24. The maximum absolute atomic E-state index is 10.7. The fourth-order valence-electron chi connectivity index (χ4n) is 2.22. The van der Waals surface area contributed by atoms with Crippen LogP contribution in [0.4, 0.5) is 0 Å². The number of carboxylic acids is 1. The maximum atomic E-state index is 10.7. The summed E-state index contributed by atoms with van der Waals surface area (Å²) >= 11 is 0. The van der Waals surface area contributed by atoms with Gasteiger partial charge >= 0.3 is 5.97 Å². The molecule has 0 spiro atoms. The summed E-state index contributed by atoms with van der Waals surface area (Å²) < 4.78 is 5.62. The van der Waals surface area contributed by atoms with Crippen LogP contribution in [0.15, 0.2) is 24.3 Å². The first-order chi connectivity index (χ1) is 9.20. The molecule has 1 aromatic rings. The number of ether oxygens (including phenoxy) is 1. The number of hydrogen-bond donors (Lipinski definition) is 1. The molecule has 4 nitrogen and oxygen atoms in total. The second-order valence-corrected chi connectivity index (χ2v) is 4.89. The highest BCUT2D eigenvalue weighted by molar-refractivity contribution is 5.66. The molecule has 1 aliphatic rings. The molecule has 0 atom stereocenters. The lowest BCUT2D eigenvalue weighted by Gasteiger charge is -2.22. The number of nitrogens with zero attached hydrogens (tertiary/aromatic N) is 1. The summed E-state index contributed by atoms with van der Waals surface area (Å²) in [6.07, 6.45) is 2.56. The van der Waals surface area contributed by atoms with Crippen molar-refractivity contribution in [2.45, 2.75) is 38.8 Å². The molecule has 0 amide bonds. The van der Waals surface area contributed by atoms with Gasteiger partial charge in [-0.05, 0) is 25.8 Å². The molecule has 4 heteroatoms. The zero-order valence-corrected chi connectivity index (χ0v) is 11.3. The van der Waals surface area contributed by atoms with Gasteiger partial charge in [-0.1, -0.05) is 18.2 Å². The van der Waals surface area contributed by atoms with Gasteiger partial charge in [0.25, 0.3) is 0 Å². The molecular weight excluding hydrogens is 242 g/mol. The number of hydrogen-bond acceptors (Lipinski definition) is 3. The van der Waals surface area contributed by atoms with E-state index in [9.17, 15) is 4.79 Å². The average molecular weight is 263 g/mol. The van der Waals surface area contributed by atoms with Gasteiger partial charge in [-0.15, -0.1) is 0 Å². The molecule has 1 aromatic carbocycles. The van der Waals surface area contributed by atoms with E-state index in [1.807, 2.05) is 25.1 Å². The Kier molecular flexibility index (Phi) is 4.80. The standard InChI is InChI=1S/C15H21NO3/c1-2-19-14-6-4-3-5-12(14)11-16(13-7-8-13)10-9-15(17)18/h3-6,13H,2,7-11H2,1H3,(H,17,18). The minimum atomic E-state index is -0.733. The number of carboxylic acid groups (broad SMARTS) is 1. The third-order valence-corrected chi connectivity index (χ3v) is 3.32. The molecule has 0 aromatic heterocycles. The minimum absolute atomic E-state index is 0.202. The van der Waals surface area contributed by atoms with Gasteiger partial charge in [0.1, 0.15) is 5.75 Å². The molecule has 0 bridgehead atoms. The Morgan fingerprint density at radius 2 is 2.16 bits per heavy atom. The lowest BCUT2D eigenvalue weighted by molar-refractivity contribution is -0.137. The number of aliphatic carboxylic acids is 1. The van der Waals surface area contributed by atoms with Crippen LogP contribution in [0.1, 0.15) is 31.7 Å². The van der Waals surface area contributed by atoms with Gasteiger partial charge in [0.2, 0.25) is 0 Å². The molecule has 104 valence electrons. The van der Waals surface area contributed by atoms with Gasteiger partial charge in [-0.2, -0.15) is 0 Å². The smallest absolute Gasteiger partial charge is 0.304 e. The van der Waals surface area contributed by atoms with Crippen molar-refractivity contribution in [3.63, 3.8) is 0 Å². The number of rotatable bonds is 8. The van der Waals surface area contributed by atoms with E-state index < -0.39 is 5.97 Å². The van der Waals surface area contributed by atoms with Crippen LogP contribution in [-0.2, 0) is 11.3 Å². The fraction of sp³-hybridized carbons (Fsp3) is 0.533. The third-order valence-electron chi connectivity index (χ3n) is 3.32. The first-order valence-electron chi connectivity index (χ1n) is 6.87. The maximum Gasteiger partial charge on any atom is 0.304 e. The lowest BCUT2D eigenvalue weighted by Crippen LogP contribution is -2.28. The Balaban J connectivity index is 2.01. The molecule has 1 N–H and O–H groups in total. The highest BCUT2D eigenvalue weighted by Crippen LogP contribution is 2.30. The molecule has 0 heterocycles. The van der Waals surface area contributed by atoms with Crippen molar-refractivity contribution in [3.8, 4) is 5.75 Å². The largest absolute Gasteiger partial charge is 0.494 e. The zero-order valence-electron chi connectivity index (χ0n) is 11.3. The van der Waals surface area contributed by atoms with Gasteiger partial charge < -0.3 is 9.84 Å². The molecule has 0 radical (unpaired) electrons. The van der Waals surface area contributed by atoms with Gasteiger partial charge in [0, 0.05) is 24.7 Å². The quantitative estimate of drug-likeness (QED) is 0.783. The second kappa shape index (κ2) is 6.57. The van der Waals surface area contributed by atoms with Crippen LogP contribution in [0.2, 0.25) is 0 Å². The minimum Gasteiger partial charge on any atom is -0.494 e. The van der Waals surface area contributed by atoms with Gasteiger partial charge in [0.15, 0.2) is 0 Å². The summed E-state index contributed by atoms with van der Waals surface area (Å²) in [5, 5.41) is 8.82. The fourth-order valence-corrected chi connectivity index (χ4v) is 2.22. The van der Waals surface area contributed by atoms with Crippen LogP contribution in [-0.4, -0.2) is 35.2 Å². The molecule has 1 aliphatic carbocycles. The normalized spacial score (nSPS) is 14.6. The first-order valence-corrected chi connectivity index (χ1v) is 6.87. The Morgan fingerprint density at radius 3 is 2.79 bits per heavy atom. The van der Waals surface area contributed by atoms with Crippen molar-refractivity contribution in [2.75, 3.05) is 13.2 Å². The second-order valence-electron chi connectivity index (χ2n) is 4.89. The van der Waals surface area contributed by atoms with Gasteiger partial charge in [0.05, 0.1) is 13.0 Å². The zero-order chi connectivity index (χ0) is 13.7. The van der Waals surface area contributed by atoms with Crippen LogP contribution in [0, 0.1) is 0 Å². The summed E-state index contributed by atoms with van der Waals surface area (Å²) in [4.78, 5) is 13.0. The van der Waals surface area contributed by atoms with Crippen molar-refractivity contribution in [3.05, 3.63) is 29.8 Å². The summed E-state index contributed by atoms with van der Waals surface area (Å²) in [6, 6.07) is 8.55. The highest BCUT2D eigenvalue weighted by atomic mass is 16.5. The van der Waals surface area contributed by atoms with Crippen molar-refractivity contribution < 1.29 is 14.6 Å². The van der Waals surface area contributed by atoms with Crippen molar-refractivity contribution in [1.29, 1.82) is 0 Å². The van der Waals surface area contributed by atoms with Gasteiger partial charge in [-0.3, -0.25) is 9.69 Å². The Labute approximate surface area is 114 Å². The number of carbonyl (C=O) groups is 1. The van der Waals surface area contributed by atoms with E-state index in [4.69, 9.17) is 9.84 Å². The summed E-state index contributed by atoms with van der Waals surface area (Å²) in [6.45, 7) is 4.00. The van der Waals surface area contributed by atoms with E-state index in [0.29, 0.717) is 19.2 Å². The van der Waals surface area contributed by atoms with Crippen LogP contribution in [0.25, 0.3) is 0 Å². The molecule has 1 fully saturated rings. The predicted molar refractivity (Wildman–Crippen MR) is 73.3 cm³/mol.